The average molecular weight is 256 g/mol. The normalized spacial score (nSPS) is 22.3. The Morgan fingerprint density at radius 1 is 1.39 bits per heavy atom. The van der Waals surface area contributed by atoms with Crippen molar-refractivity contribution in [2.75, 3.05) is 19.8 Å². The first-order chi connectivity index (χ1) is 8.47. The van der Waals surface area contributed by atoms with Crippen LogP contribution in [0.25, 0.3) is 0 Å². The predicted molar refractivity (Wildman–Crippen MR) is 73.5 cm³/mol. The molecule has 0 aromatic heterocycles. The molecule has 1 N–H and O–H groups in total. The van der Waals surface area contributed by atoms with Crippen LogP contribution in [0.5, 0.6) is 0 Å². The minimum absolute atomic E-state index is 0.00660. The van der Waals surface area contributed by atoms with Crippen LogP contribution in [-0.4, -0.2) is 48.7 Å². The van der Waals surface area contributed by atoms with Crippen LogP contribution in [0.4, 0.5) is 0 Å². The van der Waals surface area contributed by atoms with E-state index in [-0.39, 0.29) is 18.0 Å². The van der Waals surface area contributed by atoms with Crippen molar-refractivity contribution in [3.63, 3.8) is 0 Å². The molecule has 0 aromatic rings. The van der Waals surface area contributed by atoms with Gasteiger partial charge in [0.2, 0.25) is 5.91 Å². The van der Waals surface area contributed by atoms with Gasteiger partial charge in [0.05, 0.1) is 18.7 Å². The summed E-state index contributed by atoms with van der Waals surface area (Å²) in [6, 6.07) is 0.549. The highest BCUT2D eigenvalue weighted by Gasteiger charge is 2.36. The molecule has 0 saturated carbocycles. The van der Waals surface area contributed by atoms with Gasteiger partial charge in [0.1, 0.15) is 0 Å². The maximum atomic E-state index is 12.4. The molecule has 106 valence electrons. The van der Waals surface area contributed by atoms with Gasteiger partial charge in [0, 0.05) is 19.2 Å². The molecule has 4 nitrogen and oxygen atoms in total. The molecule has 0 radical (unpaired) electrons. The molecule has 1 rings (SSSR count). The van der Waals surface area contributed by atoms with Crippen molar-refractivity contribution in [1.82, 2.24) is 10.2 Å². The van der Waals surface area contributed by atoms with E-state index < -0.39 is 0 Å². The lowest BCUT2D eigenvalue weighted by Crippen LogP contribution is -2.48. The SMILES string of the molecule is CCOCC(C(C)C)N1CCC(NC(C)C)C1=O. The lowest BCUT2D eigenvalue weighted by atomic mass is 10.0. The van der Waals surface area contributed by atoms with Crippen molar-refractivity contribution >= 4 is 5.91 Å². The van der Waals surface area contributed by atoms with Gasteiger partial charge in [-0.3, -0.25) is 4.79 Å². The molecule has 1 amide bonds. The molecule has 2 unspecified atom stereocenters. The van der Waals surface area contributed by atoms with Crippen LogP contribution in [0, 0.1) is 5.92 Å². The number of nitrogens with one attached hydrogen (secondary N) is 1. The summed E-state index contributed by atoms with van der Waals surface area (Å²) in [5.74, 6) is 0.667. The van der Waals surface area contributed by atoms with E-state index in [9.17, 15) is 4.79 Å². The van der Waals surface area contributed by atoms with Gasteiger partial charge in [0.25, 0.3) is 0 Å². The van der Waals surface area contributed by atoms with E-state index in [2.05, 4.69) is 33.0 Å². The molecule has 0 spiro atoms. The maximum absolute atomic E-state index is 12.4. The third-order valence-electron chi connectivity index (χ3n) is 3.44. The molecule has 4 heteroatoms. The summed E-state index contributed by atoms with van der Waals surface area (Å²) >= 11 is 0. The molecule has 18 heavy (non-hydrogen) atoms. The summed E-state index contributed by atoms with van der Waals surface area (Å²) in [5.41, 5.74) is 0. The monoisotopic (exact) mass is 256 g/mol. The van der Waals surface area contributed by atoms with Gasteiger partial charge in [-0.1, -0.05) is 27.7 Å². The Kier molecular flexibility index (Phi) is 6.09. The Morgan fingerprint density at radius 2 is 2.06 bits per heavy atom. The number of carbonyl (C=O) groups is 1. The largest absolute Gasteiger partial charge is 0.380 e. The van der Waals surface area contributed by atoms with Gasteiger partial charge in [0.15, 0.2) is 0 Å². The summed E-state index contributed by atoms with van der Waals surface area (Å²) in [6.45, 7) is 12.7. The molecule has 1 fully saturated rings. The molecule has 2 atom stereocenters. The van der Waals surface area contributed by atoms with Crippen LogP contribution in [-0.2, 0) is 9.53 Å². The van der Waals surface area contributed by atoms with Crippen molar-refractivity contribution in [2.45, 2.75) is 59.2 Å². The van der Waals surface area contributed by atoms with E-state index in [1.165, 1.54) is 0 Å². The fraction of sp³-hybridized carbons (Fsp3) is 0.929. The van der Waals surface area contributed by atoms with Crippen LogP contribution in [0.15, 0.2) is 0 Å². The number of carbonyl (C=O) groups excluding carboxylic acids is 1. The predicted octanol–water partition coefficient (Wildman–Crippen LogP) is 1.65. The summed E-state index contributed by atoms with van der Waals surface area (Å²) in [5, 5.41) is 3.34. The van der Waals surface area contributed by atoms with E-state index >= 15 is 0 Å². The third-order valence-corrected chi connectivity index (χ3v) is 3.44. The molecular weight excluding hydrogens is 228 g/mol. The fourth-order valence-corrected chi connectivity index (χ4v) is 2.47. The highest BCUT2D eigenvalue weighted by atomic mass is 16.5. The number of likely N-dealkylation sites (tertiary alicyclic amines) is 1. The molecule has 1 saturated heterocycles. The second kappa shape index (κ2) is 7.10. The first-order valence-corrected chi connectivity index (χ1v) is 7.11. The first kappa shape index (κ1) is 15.4. The van der Waals surface area contributed by atoms with Gasteiger partial charge in [-0.15, -0.1) is 0 Å². The Labute approximate surface area is 111 Å². The summed E-state index contributed by atoms with van der Waals surface area (Å²) in [4.78, 5) is 14.4. The molecular formula is C14H28N2O2. The Balaban J connectivity index is 2.61. The molecule has 1 aliphatic heterocycles. The minimum Gasteiger partial charge on any atom is -0.380 e. The number of hydrogen-bond donors (Lipinski definition) is 1. The zero-order valence-corrected chi connectivity index (χ0v) is 12.4. The Bertz CT molecular complexity index is 267. The van der Waals surface area contributed by atoms with Crippen LogP contribution in [0.2, 0.25) is 0 Å². The minimum atomic E-state index is -0.00660. The Morgan fingerprint density at radius 3 is 2.56 bits per heavy atom. The lowest BCUT2D eigenvalue weighted by Gasteiger charge is -2.31. The van der Waals surface area contributed by atoms with Crippen LogP contribution in [0.3, 0.4) is 0 Å². The van der Waals surface area contributed by atoms with Gasteiger partial charge in [-0.2, -0.15) is 0 Å². The third kappa shape index (κ3) is 3.95. The zero-order chi connectivity index (χ0) is 13.7. The smallest absolute Gasteiger partial charge is 0.240 e. The van der Waals surface area contributed by atoms with E-state index in [4.69, 9.17) is 4.74 Å². The molecule has 0 aromatic carbocycles. The topological polar surface area (TPSA) is 41.6 Å². The Hall–Kier alpha value is -0.610. The quantitative estimate of drug-likeness (QED) is 0.753. The number of hydrogen-bond acceptors (Lipinski definition) is 3. The maximum Gasteiger partial charge on any atom is 0.240 e. The number of ether oxygens (including phenoxy) is 1. The van der Waals surface area contributed by atoms with Gasteiger partial charge in [-0.25, -0.2) is 0 Å². The van der Waals surface area contributed by atoms with Crippen molar-refractivity contribution in [3.8, 4) is 0 Å². The van der Waals surface area contributed by atoms with Crippen LogP contribution >= 0.6 is 0 Å². The van der Waals surface area contributed by atoms with Gasteiger partial charge in [-0.05, 0) is 19.3 Å². The van der Waals surface area contributed by atoms with Crippen molar-refractivity contribution < 1.29 is 9.53 Å². The standard InChI is InChI=1S/C14H28N2O2/c1-6-18-9-13(10(2)3)16-8-7-12(14(16)17)15-11(4)5/h10-13,15H,6-9H2,1-5H3. The number of rotatable bonds is 7. The highest BCUT2D eigenvalue weighted by Crippen LogP contribution is 2.20. The van der Waals surface area contributed by atoms with E-state index in [0.717, 1.165) is 13.0 Å². The number of nitrogens with zero attached hydrogens (tertiary/aromatic N) is 1. The summed E-state index contributed by atoms with van der Waals surface area (Å²) in [7, 11) is 0. The van der Waals surface area contributed by atoms with E-state index in [1.807, 2.05) is 11.8 Å². The second-order valence-corrected chi connectivity index (χ2v) is 5.67. The van der Waals surface area contributed by atoms with Crippen molar-refractivity contribution in [3.05, 3.63) is 0 Å². The second-order valence-electron chi connectivity index (χ2n) is 5.67. The number of amides is 1. The van der Waals surface area contributed by atoms with Crippen molar-refractivity contribution in [2.24, 2.45) is 5.92 Å². The van der Waals surface area contributed by atoms with E-state index in [1.54, 1.807) is 0 Å². The van der Waals surface area contributed by atoms with Gasteiger partial charge < -0.3 is 15.0 Å². The first-order valence-electron chi connectivity index (χ1n) is 7.11. The lowest BCUT2D eigenvalue weighted by molar-refractivity contribution is -0.133. The summed E-state index contributed by atoms with van der Waals surface area (Å²) < 4.78 is 5.52. The summed E-state index contributed by atoms with van der Waals surface area (Å²) in [6.07, 6.45) is 0.909. The molecule has 0 aliphatic carbocycles. The average Bonchev–Trinajstić information content (AvgIpc) is 2.61. The van der Waals surface area contributed by atoms with E-state index in [0.29, 0.717) is 25.2 Å². The van der Waals surface area contributed by atoms with Crippen molar-refractivity contribution in [1.29, 1.82) is 0 Å². The van der Waals surface area contributed by atoms with Gasteiger partial charge >= 0.3 is 0 Å². The fourth-order valence-electron chi connectivity index (χ4n) is 2.47. The molecule has 1 heterocycles. The highest BCUT2D eigenvalue weighted by molar-refractivity contribution is 5.84. The van der Waals surface area contributed by atoms with Crippen LogP contribution in [0.1, 0.15) is 41.0 Å². The molecule has 1 aliphatic rings. The zero-order valence-electron chi connectivity index (χ0n) is 12.4. The molecule has 0 bridgehead atoms. The van der Waals surface area contributed by atoms with Crippen LogP contribution < -0.4 is 5.32 Å².